The van der Waals surface area contributed by atoms with Gasteiger partial charge in [0.05, 0.1) is 17.7 Å². The topological polar surface area (TPSA) is 96.0 Å². The van der Waals surface area contributed by atoms with Gasteiger partial charge in [0.2, 0.25) is 11.8 Å². The fourth-order valence-corrected chi connectivity index (χ4v) is 5.27. The number of rotatable bonds is 11. The largest absolute Gasteiger partial charge is 0.497 e. The van der Waals surface area contributed by atoms with Crippen molar-refractivity contribution < 1.29 is 27.1 Å². The number of amides is 2. The molecule has 0 fully saturated rings. The zero-order valence-corrected chi connectivity index (χ0v) is 22.8. The van der Waals surface area contributed by atoms with E-state index in [4.69, 9.17) is 16.3 Å². The van der Waals surface area contributed by atoms with Crippen LogP contribution in [-0.2, 0) is 26.2 Å². The number of ether oxygens (including phenoxy) is 1. The quantitative estimate of drug-likeness (QED) is 0.378. The van der Waals surface area contributed by atoms with E-state index in [0.29, 0.717) is 17.3 Å². The van der Waals surface area contributed by atoms with Crippen molar-refractivity contribution in [3.05, 3.63) is 89.2 Å². The number of hydrogen-bond acceptors (Lipinski definition) is 5. The lowest BCUT2D eigenvalue weighted by atomic mass is 10.1. The summed E-state index contributed by atoms with van der Waals surface area (Å²) in [4.78, 5) is 27.5. The molecule has 8 nitrogen and oxygen atoms in total. The van der Waals surface area contributed by atoms with Crippen molar-refractivity contribution in [3.63, 3.8) is 0 Å². The summed E-state index contributed by atoms with van der Waals surface area (Å²) in [7, 11) is -2.78. The van der Waals surface area contributed by atoms with Crippen LogP contribution in [0.1, 0.15) is 19.4 Å². The van der Waals surface area contributed by atoms with Gasteiger partial charge in [0.25, 0.3) is 10.0 Å². The molecule has 38 heavy (non-hydrogen) atoms. The molecule has 1 atom stereocenters. The van der Waals surface area contributed by atoms with E-state index in [2.05, 4.69) is 5.32 Å². The van der Waals surface area contributed by atoms with Gasteiger partial charge in [-0.1, -0.05) is 29.8 Å². The van der Waals surface area contributed by atoms with E-state index in [1.807, 2.05) is 0 Å². The van der Waals surface area contributed by atoms with Crippen molar-refractivity contribution in [3.8, 4) is 5.75 Å². The summed E-state index contributed by atoms with van der Waals surface area (Å²) in [5, 5.41) is 3.04. The number of nitrogens with zero attached hydrogens (tertiary/aromatic N) is 2. The number of anilines is 1. The summed E-state index contributed by atoms with van der Waals surface area (Å²) in [5.74, 6) is -1.23. The Labute approximate surface area is 227 Å². The van der Waals surface area contributed by atoms with E-state index in [1.54, 1.807) is 13.0 Å². The first-order valence-corrected chi connectivity index (χ1v) is 13.6. The number of methoxy groups -OCH3 is 1. The number of nitrogens with one attached hydrogen (secondary N) is 1. The molecular formula is C27H29ClFN3O5S. The highest BCUT2D eigenvalue weighted by Gasteiger charge is 2.32. The highest BCUT2D eigenvalue weighted by atomic mass is 35.5. The third-order valence-electron chi connectivity index (χ3n) is 5.86. The van der Waals surface area contributed by atoms with Gasteiger partial charge in [-0.25, -0.2) is 12.8 Å². The van der Waals surface area contributed by atoms with E-state index in [1.165, 1.54) is 80.8 Å². The van der Waals surface area contributed by atoms with Crippen molar-refractivity contribution in [1.29, 1.82) is 0 Å². The zero-order valence-electron chi connectivity index (χ0n) is 21.2. The van der Waals surface area contributed by atoms with Crippen LogP contribution in [0.5, 0.6) is 5.75 Å². The second-order valence-corrected chi connectivity index (χ2v) is 10.6. The molecule has 0 spiro atoms. The van der Waals surface area contributed by atoms with Crippen molar-refractivity contribution in [2.24, 2.45) is 0 Å². The summed E-state index contributed by atoms with van der Waals surface area (Å²) in [6.07, 6.45) is 0. The molecule has 3 rings (SSSR count). The fourth-order valence-electron chi connectivity index (χ4n) is 3.73. The predicted molar refractivity (Wildman–Crippen MR) is 144 cm³/mol. The summed E-state index contributed by atoms with van der Waals surface area (Å²) < 4.78 is 48.0. The number of halogens is 2. The molecule has 202 valence electrons. The summed E-state index contributed by atoms with van der Waals surface area (Å²) in [5.41, 5.74) is 0.378. The molecule has 0 aromatic heterocycles. The van der Waals surface area contributed by atoms with Gasteiger partial charge in [0.15, 0.2) is 0 Å². The summed E-state index contributed by atoms with van der Waals surface area (Å²) in [6, 6.07) is 16.6. The zero-order chi connectivity index (χ0) is 27.9. The standard InChI is InChI=1S/C27H29ClFN3O5S/c1-4-30-27(34)19(2)31(17-20-7-5-6-8-25(20)29)26(33)18-32(22-11-9-21(28)10-12-22)38(35,36)24-15-13-23(37-3)14-16-24/h5-16,19H,4,17-18H2,1-3H3,(H,30,34)/t19-/m1/s1. The lowest BCUT2D eigenvalue weighted by Crippen LogP contribution is -2.51. The van der Waals surface area contributed by atoms with Gasteiger partial charge in [0, 0.05) is 23.7 Å². The molecule has 2 amide bonds. The average molecular weight is 562 g/mol. The molecule has 1 N–H and O–H groups in total. The van der Waals surface area contributed by atoms with Crippen LogP contribution in [-0.4, -0.2) is 51.4 Å². The van der Waals surface area contributed by atoms with Gasteiger partial charge in [-0.2, -0.15) is 0 Å². The van der Waals surface area contributed by atoms with Gasteiger partial charge in [-0.3, -0.25) is 13.9 Å². The molecule has 0 aliphatic rings. The third-order valence-corrected chi connectivity index (χ3v) is 7.90. The Morgan fingerprint density at radius 2 is 1.66 bits per heavy atom. The maximum Gasteiger partial charge on any atom is 0.264 e. The number of carbonyl (C=O) groups excluding carboxylic acids is 2. The van der Waals surface area contributed by atoms with Crippen molar-refractivity contribution >= 4 is 39.1 Å². The smallest absolute Gasteiger partial charge is 0.264 e. The van der Waals surface area contributed by atoms with E-state index in [-0.39, 0.29) is 22.7 Å². The minimum absolute atomic E-state index is 0.0709. The van der Waals surface area contributed by atoms with Crippen molar-refractivity contribution in [2.75, 3.05) is 24.5 Å². The van der Waals surface area contributed by atoms with Gasteiger partial charge in [0.1, 0.15) is 24.2 Å². The molecular weight excluding hydrogens is 533 g/mol. The van der Waals surface area contributed by atoms with E-state index < -0.39 is 40.2 Å². The minimum atomic E-state index is -4.25. The molecule has 11 heteroatoms. The number of hydrogen-bond donors (Lipinski definition) is 1. The van der Waals surface area contributed by atoms with Crippen LogP contribution in [0.3, 0.4) is 0 Å². The Bertz CT molecular complexity index is 1370. The van der Waals surface area contributed by atoms with Crippen LogP contribution >= 0.6 is 11.6 Å². The predicted octanol–water partition coefficient (Wildman–Crippen LogP) is 4.24. The number of benzene rings is 3. The molecule has 0 radical (unpaired) electrons. The summed E-state index contributed by atoms with van der Waals surface area (Å²) >= 11 is 6.01. The molecule has 0 bridgehead atoms. The van der Waals surface area contributed by atoms with Crippen LogP contribution in [0.2, 0.25) is 5.02 Å². The van der Waals surface area contributed by atoms with Crippen molar-refractivity contribution in [2.45, 2.75) is 31.3 Å². The van der Waals surface area contributed by atoms with Gasteiger partial charge in [-0.15, -0.1) is 0 Å². The molecule has 3 aromatic rings. The Kier molecular flexibility index (Phi) is 9.71. The third kappa shape index (κ3) is 6.81. The van der Waals surface area contributed by atoms with Gasteiger partial charge in [-0.05, 0) is 68.4 Å². The number of sulfonamides is 1. The Morgan fingerprint density at radius 1 is 1.03 bits per heavy atom. The second kappa shape index (κ2) is 12.7. The van der Waals surface area contributed by atoms with Crippen LogP contribution in [0.4, 0.5) is 10.1 Å². The monoisotopic (exact) mass is 561 g/mol. The average Bonchev–Trinajstić information content (AvgIpc) is 2.91. The Morgan fingerprint density at radius 3 is 2.24 bits per heavy atom. The molecule has 3 aromatic carbocycles. The van der Waals surface area contributed by atoms with Gasteiger partial charge >= 0.3 is 0 Å². The Balaban J connectivity index is 2.03. The van der Waals surface area contributed by atoms with Crippen LogP contribution in [0.25, 0.3) is 0 Å². The SMILES string of the molecule is CCNC(=O)[C@@H](C)N(Cc1ccccc1F)C(=O)CN(c1ccc(Cl)cc1)S(=O)(=O)c1ccc(OC)cc1. The van der Waals surface area contributed by atoms with Crippen molar-refractivity contribution in [1.82, 2.24) is 10.2 Å². The first-order valence-electron chi connectivity index (χ1n) is 11.8. The highest BCUT2D eigenvalue weighted by Crippen LogP contribution is 2.27. The molecule has 0 unspecified atom stereocenters. The first-order chi connectivity index (χ1) is 18.1. The van der Waals surface area contributed by atoms with E-state index >= 15 is 0 Å². The molecule has 0 saturated carbocycles. The molecule has 0 aliphatic heterocycles. The summed E-state index contributed by atoms with van der Waals surface area (Å²) in [6.45, 7) is 2.69. The lowest BCUT2D eigenvalue weighted by molar-refractivity contribution is -0.139. The van der Waals surface area contributed by atoms with Crippen LogP contribution in [0, 0.1) is 5.82 Å². The Hall–Kier alpha value is -3.63. The van der Waals surface area contributed by atoms with Crippen LogP contribution < -0.4 is 14.4 Å². The second-order valence-electron chi connectivity index (χ2n) is 8.35. The minimum Gasteiger partial charge on any atom is -0.497 e. The van der Waals surface area contributed by atoms with Crippen LogP contribution in [0.15, 0.2) is 77.7 Å². The number of carbonyl (C=O) groups is 2. The maximum atomic E-state index is 14.5. The lowest BCUT2D eigenvalue weighted by Gasteiger charge is -2.32. The first kappa shape index (κ1) is 28.9. The van der Waals surface area contributed by atoms with Gasteiger partial charge < -0.3 is 15.0 Å². The molecule has 0 heterocycles. The maximum absolute atomic E-state index is 14.5. The van der Waals surface area contributed by atoms with E-state index in [9.17, 15) is 22.4 Å². The van der Waals surface area contributed by atoms with E-state index in [0.717, 1.165) is 9.21 Å². The molecule has 0 aliphatic carbocycles. The molecule has 0 saturated heterocycles. The highest BCUT2D eigenvalue weighted by molar-refractivity contribution is 7.92. The fraction of sp³-hybridized carbons (Fsp3) is 0.259. The normalized spacial score (nSPS) is 11.9. The number of likely N-dealkylation sites (N-methyl/N-ethyl adjacent to an activating group) is 1.